The summed E-state index contributed by atoms with van der Waals surface area (Å²) >= 11 is 0. The van der Waals surface area contributed by atoms with Gasteiger partial charge in [0.25, 0.3) is 0 Å². The number of aliphatic carboxylic acids is 1. The molecule has 0 amide bonds. The number of halogens is 9. The van der Waals surface area contributed by atoms with Crippen molar-refractivity contribution in [3.05, 3.63) is 29.3 Å². The van der Waals surface area contributed by atoms with Crippen molar-refractivity contribution in [1.82, 2.24) is 0 Å². The number of aliphatic hydroxyl groups is 1. The Morgan fingerprint density at radius 1 is 0.875 bits per heavy atom. The number of unbranched alkanes of at least 4 members (excludes halogenated alkanes) is 5. The molecule has 0 aliphatic heterocycles. The summed E-state index contributed by atoms with van der Waals surface area (Å²) in [6.07, 6.45) is -0.270. The van der Waals surface area contributed by atoms with Gasteiger partial charge in [-0.25, -0.2) is 0 Å². The Kier molecular flexibility index (Phi) is 11.7. The highest BCUT2D eigenvalue weighted by molar-refractivity contribution is 5.69. The monoisotopic (exact) mass is 702 g/mol. The third-order valence-electron chi connectivity index (χ3n) is 11.8. The van der Waals surface area contributed by atoms with Gasteiger partial charge < -0.3 is 15.3 Å². The van der Waals surface area contributed by atoms with Crippen LogP contribution in [0, 0.1) is 29.1 Å². The second-order valence-corrected chi connectivity index (χ2v) is 14.8. The summed E-state index contributed by atoms with van der Waals surface area (Å²) in [6.45, 7) is 2.23. The van der Waals surface area contributed by atoms with E-state index in [2.05, 4.69) is 13.0 Å². The van der Waals surface area contributed by atoms with E-state index in [9.17, 15) is 59.6 Å². The summed E-state index contributed by atoms with van der Waals surface area (Å²) in [5.41, 5.74) is 2.45. The van der Waals surface area contributed by atoms with Gasteiger partial charge in [0.05, 0.1) is 12.0 Å². The van der Waals surface area contributed by atoms with Crippen LogP contribution in [0.3, 0.4) is 0 Å². The molecule has 1 aromatic carbocycles. The van der Waals surface area contributed by atoms with Crippen molar-refractivity contribution in [2.45, 2.75) is 146 Å². The quantitative estimate of drug-likeness (QED) is 0.118. The second-order valence-electron chi connectivity index (χ2n) is 14.8. The molecule has 2 saturated carbocycles. The fourth-order valence-electron chi connectivity index (χ4n) is 9.06. The minimum absolute atomic E-state index is 0.0411. The molecular formula is C35H47F9O4. The Bertz CT molecular complexity index is 1250. The van der Waals surface area contributed by atoms with Gasteiger partial charge in [-0.3, -0.25) is 4.79 Å². The van der Waals surface area contributed by atoms with Crippen LogP contribution in [0.5, 0.6) is 5.75 Å². The lowest BCUT2D eigenvalue weighted by atomic mass is 9.52. The number of carbonyl (C=O) groups is 1. The zero-order valence-corrected chi connectivity index (χ0v) is 27.2. The lowest BCUT2D eigenvalue weighted by molar-refractivity contribution is -0.396. The van der Waals surface area contributed by atoms with Crippen LogP contribution in [0.2, 0.25) is 0 Å². The molecule has 3 N–H and O–H groups in total. The van der Waals surface area contributed by atoms with Crippen LogP contribution >= 0.6 is 0 Å². The molecular weight excluding hydrogens is 655 g/mol. The molecule has 274 valence electrons. The van der Waals surface area contributed by atoms with Gasteiger partial charge in [0.2, 0.25) is 0 Å². The van der Waals surface area contributed by atoms with E-state index in [-0.39, 0.29) is 23.7 Å². The van der Waals surface area contributed by atoms with E-state index in [0.717, 1.165) is 64.2 Å². The van der Waals surface area contributed by atoms with E-state index in [1.54, 1.807) is 6.07 Å². The number of benzene rings is 1. The highest BCUT2D eigenvalue weighted by atomic mass is 19.4. The topological polar surface area (TPSA) is 77.8 Å². The molecule has 3 aliphatic rings. The van der Waals surface area contributed by atoms with Crippen molar-refractivity contribution in [2.75, 3.05) is 0 Å². The first kappa shape index (κ1) is 38.6. The van der Waals surface area contributed by atoms with Gasteiger partial charge in [-0.2, -0.15) is 39.5 Å². The summed E-state index contributed by atoms with van der Waals surface area (Å²) in [5, 5.41) is 30.4. The number of phenolic OH excluding ortho intramolecular Hbond substituents is 1. The summed E-state index contributed by atoms with van der Waals surface area (Å²) in [6, 6.07) is 5.71. The van der Waals surface area contributed by atoms with Crippen LogP contribution in [-0.2, 0) is 11.2 Å². The van der Waals surface area contributed by atoms with Gasteiger partial charge in [-0.1, -0.05) is 51.5 Å². The Balaban J connectivity index is 1.20. The Labute approximate surface area is 275 Å². The maximum absolute atomic E-state index is 13.8. The number of carboxylic acid groups (broad SMARTS) is 1. The van der Waals surface area contributed by atoms with Crippen molar-refractivity contribution in [2.24, 2.45) is 29.1 Å². The number of carboxylic acids is 1. The Morgan fingerprint density at radius 3 is 2.15 bits per heavy atom. The van der Waals surface area contributed by atoms with E-state index >= 15 is 0 Å². The predicted octanol–water partition coefficient (Wildman–Crippen LogP) is 10.3. The van der Waals surface area contributed by atoms with Gasteiger partial charge in [0.1, 0.15) is 5.75 Å². The molecule has 0 saturated heterocycles. The Hall–Kier alpha value is -2.18. The SMILES string of the molecule is C[C@]12CC[C@@H]3c4ccc(O)cc4C[C@@H](CCCCCCCC[C@@H](CCCC(F)(F)C(F)(F)C(F)(F)C(F)(F)F)C(=O)O)[C@H]3[C@@H]1CCC2O. The minimum Gasteiger partial charge on any atom is -0.508 e. The molecule has 0 heterocycles. The summed E-state index contributed by atoms with van der Waals surface area (Å²) < 4.78 is 118. The number of aromatic hydroxyl groups is 1. The zero-order valence-electron chi connectivity index (χ0n) is 27.2. The molecule has 13 heteroatoms. The molecule has 2 fully saturated rings. The Morgan fingerprint density at radius 2 is 1.50 bits per heavy atom. The average molecular weight is 703 g/mol. The van der Waals surface area contributed by atoms with Gasteiger partial charge in [0, 0.05) is 6.42 Å². The summed E-state index contributed by atoms with van der Waals surface area (Å²) in [4.78, 5) is 11.6. The van der Waals surface area contributed by atoms with E-state index in [1.165, 1.54) is 11.1 Å². The number of alkyl halides is 9. The minimum atomic E-state index is -6.94. The number of hydrogen-bond donors (Lipinski definition) is 3. The van der Waals surface area contributed by atoms with Crippen LogP contribution in [0.25, 0.3) is 0 Å². The number of phenols is 1. The second kappa shape index (κ2) is 14.6. The van der Waals surface area contributed by atoms with Gasteiger partial charge >= 0.3 is 29.9 Å². The van der Waals surface area contributed by atoms with Crippen molar-refractivity contribution >= 4 is 5.97 Å². The molecule has 7 atom stereocenters. The fraction of sp³-hybridized carbons (Fsp3) is 0.800. The van der Waals surface area contributed by atoms with E-state index < -0.39 is 55.1 Å². The van der Waals surface area contributed by atoms with Gasteiger partial charge in [-0.15, -0.1) is 0 Å². The highest BCUT2D eigenvalue weighted by Gasteiger charge is 2.81. The van der Waals surface area contributed by atoms with Crippen molar-refractivity contribution < 1.29 is 59.6 Å². The molecule has 0 bridgehead atoms. The summed E-state index contributed by atoms with van der Waals surface area (Å²) in [7, 11) is 0. The molecule has 48 heavy (non-hydrogen) atoms. The van der Waals surface area contributed by atoms with Crippen LogP contribution < -0.4 is 0 Å². The van der Waals surface area contributed by atoms with Crippen LogP contribution in [0.15, 0.2) is 18.2 Å². The average Bonchev–Trinajstić information content (AvgIpc) is 3.29. The highest BCUT2D eigenvalue weighted by Crippen LogP contribution is 2.63. The first-order valence-corrected chi connectivity index (χ1v) is 17.2. The third kappa shape index (κ3) is 7.60. The van der Waals surface area contributed by atoms with Crippen LogP contribution in [0.4, 0.5) is 39.5 Å². The van der Waals surface area contributed by atoms with E-state index in [1.807, 2.05) is 6.07 Å². The molecule has 0 spiro atoms. The van der Waals surface area contributed by atoms with Gasteiger partial charge in [0.15, 0.2) is 0 Å². The first-order chi connectivity index (χ1) is 22.2. The van der Waals surface area contributed by atoms with E-state index in [0.29, 0.717) is 36.5 Å². The number of fused-ring (bicyclic) bond motifs is 5. The lowest BCUT2D eigenvalue weighted by Crippen LogP contribution is -2.60. The maximum Gasteiger partial charge on any atom is 0.460 e. The van der Waals surface area contributed by atoms with Crippen LogP contribution in [0.1, 0.15) is 120 Å². The smallest absolute Gasteiger partial charge is 0.460 e. The van der Waals surface area contributed by atoms with Gasteiger partial charge in [-0.05, 0) is 110 Å². The van der Waals surface area contributed by atoms with Crippen molar-refractivity contribution in [3.8, 4) is 5.75 Å². The largest absolute Gasteiger partial charge is 0.508 e. The first-order valence-electron chi connectivity index (χ1n) is 17.2. The molecule has 1 unspecified atom stereocenters. The van der Waals surface area contributed by atoms with Crippen molar-refractivity contribution in [3.63, 3.8) is 0 Å². The molecule has 3 aliphatic carbocycles. The molecule has 4 rings (SSSR count). The van der Waals surface area contributed by atoms with Crippen LogP contribution in [-0.4, -0.2) is 51.3 Å². The standard InChI is InChI=1S/C35H47F9O4/c1-31-18-16-26-25-13-12-24(45)20-23(25)19-22(29(26)27(31)14-15-28(31)46)10-7-5-3-2-4-6-9-21(30(47)48)11-8-17-32(36,37)33(38,39)34(40,41)35(42,43)44/h12-13,20-22,26-29,45-46H,2-11,14-19H2,1H3,(H,47,48)/t21-,22+,26+,27-,28?,29+,31-/m0/s1. The number of aliphatic hydroxyl groups excluding tert-OH is 1. The van der Waals surface area contributed by atoms with Crippen molar-refractivity contribution in [1.29, 1.82) is 0 Å². The molecule has 0 radical (unpaired) electrons. The summed E-state index contributed by atoms with van der Waals surface area (Å²) in [5.74, 6) is -19.9. The number of hydrogen-bond acceptors (Lipinski definition) is 3. The zero-order chi connectivity index (χ0) is 35.7. The molecule has 4 nitrogen and oxygen atoms in total. The predicted molar refractivity (Wildman–Crippen MR) is 160 cm³/mol. The normalized spacial score (nSPS) is 28.4. The molecule has 1 aromatic rings. The number of rotatable bonds is 16. The third-order valence-corrected chi connectivity index (χ3v) is 11.8. The maximum atomic E-state index is 13.8. The lowest BCUT2D eigenvalue weighted by Gasteiger charge is -2.53. The van der Waals surface area contributed by atoms with E-state index in [4.69, 9.17) is 0 Å². The fourth-order valence-corrected chi connectivity index (χ4v) is 9.06. The molecule has 0 aromatic heterocycles.